The van der Waals surface area contributed by atoms with Crippen LogP contribution in [0.5, 0.6) is 0 Å². The van der Waals surface area contributed by atoms with Gasteiger partial charge in [-0.05, 0) is 9.91 Å². The van der Waals surface area contributed by atoms with Gasteiger partial charge in [0.05, 0.1) is 0 Å². The molecule has 0 aliphatic heterocycles. The van der Waals surface area contributed by atoms with Crippen molar-refractivity contribution in [2.75, 3.05) is 7.11 Å². The number of nitrogens with zero attached hydrogens (tertiary/aromatic N) is 4. The maximum Gasteiger partial charge on any atom is 0.381 e. The van der Waals surface area contributed by atoms with Gasteiger partial charge in [0, 0.05) is 0 Å². The molecule has 0 aliphatic carbocycles. The van der Waals surface area contributed by atoms with Crippen molar-refractivity contribution >= 4 is 17.6 Å². The third-order valence-electron chi connectivity index (χ3n) is 1.37. The van der Waals surface area contributed by atoms with Gasteiger partial charge < -0.3 is 20.1 Å². The molecular weight excluding hydrogens is 208 g/mol. The number of aliphatic carboxylic acids is 1. The molecule has 1 aromatic heterocycles. The van der Waals surface area contributed by atoms with Crippen LogP contribution in [0.15, 0.2) is 17.7 Å². The van der Waals surface area contributed by atoms with Gasteiger partial charge in [-0.1, -0.05) is 5.16 Å². The lowest BCUT2D eigenvalue weighted by Crippen LogP contribution is -2.21. The van der Waals surface area contributed by atoms with Crippen molar-refractivity contribution in [3.05, 3.63) is 22.6 Å². The summed E-state index contributed by atoms with van der Waals surface area (Å²) in [6.07, 6.45) is 1.88. The van der Waals surface area contributed by atoms with Crippen molar-refractivity contribution in [2.24, 2.45) is 5.16 Å². The van der Waals surface area contributed by atoms with E-state index < -0.39 is 22.5 Å². The molecule has 1 rings (SSSR count). The zero-order valence-corrected chi connectivity index (χ0v) is 7.52. The van der Waals surface area contributed by atoms with E-state index in [1.807, 2.05) is 0 Å². The van der Waals surface area contributed by atoms with Crippen molar-refractivity contribution in [3.8, 4) is 0 Å². The highest BCUT2D eigenvalue weighted by Gasteiger charge is 2.18. The Labute approximate surface area is 82.7 Å². The Kier molecular flexibility index (Phi) is 2.96. The number of hydrogen-bond acceptors (Lipinski definition) is 6. The standard InChI is InChI=1S/C6H6N4O5/c1-15-8-5(6(11)12)9-2-4(7-3-9)10(13)14/h2-3H,1H3,(H,11,12)/b8-5-. The van der Waals surface area contributed by atoms with Gasteiger partial charge in [-0.2, -0.15) is 0 Å². The summed E-state index contributed by atoms with van der Waals surface area (Å²) in [5.41, 5.74) is 0. The van der Waals surface area contributed by atoms with Crippen molar-refractivity contribution < 1.29 is 19.7 Å². The Morgan fingerprint density at radius 1 is 1.80 bits per heavy atom. The average molecular weight is 214 g/mol. The molecule has 0 aromatic carbocycles. The molecule has 15 heavy (non-hydrogen) atoms. The van der Waals surface area contributed by atoms with Gasteiger partial charge in [0.25, 0.3) is 5.84 Å². The number of oxime groups is 1. The minimum Gasteiger partial charge on any atom is -0.475 e. The van der Waals surface area contributed by atoms with Crippen LogP contribution in [0, 0.1) is 10.1 Å². The fraction of sp³-hybridized carbons (Fsp3) is 0.167. The molecule has 0 aliphatic rings. The van der Waals surface area contributed by atoms with Crippen LogP contribution in [0.2, 0.25) is 0 Å². The summed E-state index contributed by atoms with van der Waals surface area (Å²) < 4.78 is 0.879. The molecule has 0 saturated heterocycles. The Morgan fingerprint density at radius 3 is 2.87 bits per heavy atom. The summed E-state index contributed by atoms with van der Waals surface area (Å²) in [4.78, 5) is 27.8. The van der Waals surface area contributed by atoms with Gasteiger partial charge in [-0.3, -0.25) is 4.57 Å². The molecule has 80 valence electrons. The van der Waals surface area contributed by atoms with Crippen LogP contribution in [0.25, 0.3) is 0 Å². The molecule has 1 N–H and O–H groups in total. The van der Waals surface area contributed by atoms with E-state index in [1.54, 1.807) is 0 Å². The minimum atomic E-state index is -1.39. The molecule has 0 amide bonds. The van der Waals surface area contributed by atoms with Crippen LogP contribution in [0.3, 0.4) is 0 Å². The maximum atomic E-state index is 10.6. The maximum absolute atomic E-state index is 10.6. The lowest BCUT2D eigenvalue weighted by atomic mass is 10.6. The topological polar surface area (TPSA) is 120 Å². The summed E-state index contributed by atoms with van der Waals surface area (Å²) in [5.74, 6) is -2.37. The quantitative estimate of drug-likeness (QED) is 0.312. The van der Waals surface area contributed by atoms with Gasteiger partial charge in [0.1, 0.15) is 13.3 Å². The third-order valence-corrected chi connectivity index (χ3v) is 1.37. The van der Waals surface area contributed by atoms with Crippen LogP contribution in [-0.2, 0) is 9.63 Å². The normalized spacial score (nSPS) is 11.1. The SMILES string of the molecule is CO/N=C(/C(=O)O)n1cnc([N+](=O)[O-])c1. The van der Waals surface area contributed by atoms with Gasteiger partial charge in [-0.25, -0.2) is 4.79 Å². The number of carbonyl (C=O) groups is 1. The number of carboxylic acid groups (broad SMARTS) is 1. The average Bonchev–Trinajstić information content (AvgIpc) is 2.62. The first-order valence-corrected chi connectivity index (χ1v) is 3.59. The lowest BCUT2D eigenvalue weighted by Gasteiger charge is -1.97. The van der Waals surface area contributed by atoms with E-state index in [4.69, 9.17) is 5.11 Å². The second-order valence-corrected chi connectivity index (χ2v) is 2.30. The predicted octanol–water partition coefficient (Wildman–Crippen LogP) is -0.316. The van der Waals surface area contributed by atoms with Crippen LogP contribution in [0.4, 0.5) is 5.82 Å². The molecule has 0 bridgehead atoms. The van der Waals surface area contributed by atoms with E-state index in [1.165, 1.54) is 0 Å². The molecule has 1 heterocycles. The fourth-order valence-electron chi connectivity index (χ4n) is 0.806. The lowest BCUT2D eigenvalue weighted by molar-refractivity contribution is -0.389. The smallest absolute Gasteiger partial charge is 0.381 e. The summed E-state index contributed by atoms with van der Waals surface area (Å²) in [5, 5.41) is 22.1. The number of nitro groups is 1. The van der Waals surface area contributed by atoms with Gasteiger partial charge in [0.2, 0.25) is 6.33 Å². The molecule has 0 fully saturated rings. The first-order chi connectivity index (χ1) is 7.06. The molecule has 9 heteroatoms. The Hall–Kier alpha value is -2.45. The van der Waals surface area contributed by atoms with Gasteiger partial charge in [-0.15, -0.1) is 0 Å². The number of aromatic nitrogens is 2. The molecule has 0 saturated carbocycles. The predicted molar refractivity (Wildman–Crippen MR) is 46.4 cm³/mol. The monoisotopic (exact) mass is 214 g/mol. The van der Waals surface area contributed by atoms with Crippen LogP contribution >= 0.6 is 0 Å². The fourth-order valence-corrected chi connectivity index (χ4v) is 0.806. The summed E-state index contributed by atoms with van der Waals surface area (Å²) in [7, 11) is 1.16. The zero-order chi connectivity index (χ0) is 11.4. The van der Waals surface area contributed by atoms with E-state index in [0.717, 1.165) is 24.2 Å². The summed E-state index contributed by atoms with van der Waals surface area (Å²) in [6.45, 7) is 0. The van der Waals surface area contributed by atoms with Gasteiger partial charge in [0.15, 0.2) is 0 Å². The molecule has 0 unspecified atom stereocenters. The van der Waals surface area contributed by atoms with Crippen molar-refractivity contribution in [1.29, 1.82) is 0 Å². The van der Waals surface area contributed by atoms with Crippen molar-refractivity contribution in [3.63, 3.8) is 0 Å². The second-order valence-electron chi connectivity index (χ2n) is 2.30. The number of rotatable bonds is 2. The highest BCUT2D eigenvalue weighted by molar-refractivity contribution is 6.35. The van der Waals surface area contributed by atoms with Crippen molar-refractivity contribution in [2.45, 2.75) is 0 Å². The van der Waals surface area contributed by atoms with Crippen molar-refractivity contribution in [1.82, 2.24) is 9.55 Å². The Balaban J connectivity index is 3.08. The van der Waals surface area contributed by atoms with E-state index in [-0.39, 0.29) is 0 Å². The van der Waals surface area contributed by atoms with Crippen LogP contribution in [-0.4, -0.2) is 38.5 Å². The molecule has 0 atom stereocenters. The number of carboxylic acids is 1. The van der Waals surface area contributed by atoms with E-state index in [2.05, 4.69) is 15.0 Å². The van der Waals surface area contributed by atoms with E-state index in [9.17, 15) is 14.9 Å². The molecule has 0 radical (unpaired) electrons. The number of imidazole rings is 1. The Morgan fingerprint density at radius 2 is 2.47 bits per heavy atom. The van der Waals surface area contributed by atoms with E-state index >= 15 is 0 Å². The zero-order valence-electron chi connectivity index (χ0n) is 7.52. The molecule has 9 nitrogen and oxygen atoms in total. The molecule has 0 spiro atoms. The largest absolute Gasteiger partial charge is 0.475 e. The first kappa shape index (κ1) is 10.6. The highest BCUT2D eigenvalue weighted by atomic mass is 16.6. The first-order valence-electron chi connectivity index (χ1n) is 3.59. The van der Waals surface area contributed by atoms with Crippen LogP contribution in [0.1, 0.15) is 0 Å². The third kappa shape index (κ3) is 2.27. The number of hydrogen-bond donors (Lipinski definition) is 1. The molecular formula is C6H6N4O5. The highest BCUT2D eigenvalue weighted by Crippen LogP contribution is 2.05. The van der Waals surface area contributed by atoms with Gasteiger partial charge >= 0.3 is 11.8 Å². The van der Waals surface area contributed by atoms with E-state index in [0.29, 0.717) is 0 Å². The summed E-state index contributed by atoms with van der Waals surface area (Å²) >= 11 is 0. The second kappa shape index (κ2) is 4.17. The summed E-state index contributed by atoms with van der Waals surface area (Å²) in [6, 6.07) is 0. The van der Waals surface area contributed by atoms with Crippen LogP contribution < -0.4 is 0 Å². The minimum absolute atomic E-state index is 0.472. The Bertz CT molecular complexity index is 423. The molecule has 1 aromatic rings.